The molecule has 0 N–H and O–H groups in total. The van der Waals surface area contributed by atoms with Crippen LogP contribution in [0.5, 0.6) is 5.75 Å². The van der Waals surface area contributed by atoms with Gasteiger partial charge in [-0.3, -0.25) is 4.79 Å². The quantitative estimate of drug-likeness (QED) is 0.748. The first-order chi connectivity index (χ1) is 10.5. The van der Waals surface area contributed by atoms with Gasteiger partial charge in [-0.05, 0) is 42.2 Å². The van der Waals surface area contributed by atoms with Crippen LogP contribution in [0.25, 0.3) is 11.1 Å². The molecule has 2 aromatic carbocycles. The highest BCUT2D eigenvalue weighted by atomic mass is 16.5. The van der Waals surface area contributed by atoms with Crippen molar-refractivity contribution in [2.45, 2.75) is 26.7 Å². The van der Waals surface area contributed by atoms with E-state index in [1.165, 1.54) is 27.8 Å². The third kappa shape index (κ3) is 2.16. The lowest BCUT2D eigenvalue weighted by Crippen LogP contribution is -1.96. The van der Waals surface area contributed by atoms with Crippen LogP contribution in [0.4, 0.5) is 0 Å². The molecule has 0 heterocycles. The number of carbonyl (C=O) groups excluding carboxylic acids is 1. The van der Waals surface area contributed by atoms with Gasteiger partial charge >= 0.3 is 0 Å². The van der Waals surface area contributed by atoms with Gasteiger partial charge in [-0.1, -0.05) is 43.3 Å². The number of benzene rings is 2. The summed E-state index contributed by atoms with van der Waals surface area (Å²) in [7, 11) is 1.72. The molecule has 1 atom stereocenters. The Labute approximate surface area is 131 Å². The highest BCUT2D eigenvalue weighted by Crippen LogP contribution is 2.49. The molecule has 1 unspecified atom stereocenters. The number of ketones is 1. The van der Waals surface area contributed by atoms with E-state index in [9.17, 15) is 4.79 Å². The van der Waals surface area contributed by atoms with Crippen LogP contribution in [0.2, 0.25) is 0 Å². The minimum Gasteiger partial charge on any atom is -0.496 e. The van der Waals surface area contributed by atoms with Crippen LogP contribution < -0.4 is 4.74 Å². The maximum Gasteiger partial charge on any atom is 0.159 e. The molecule has 1 aliphatic rings. The number of carbonyl (C=O) groups is 1. The molecule has 0 fully saturated rings. The number of hydrogen-bond donors (Lipinski definition) is 0. The maximum absolute atomic E-state index is 11.4. The molecule has 22 heavy (non-hydrogen) atoms. The van der Waals surface area contributed by atoms with Crippen LogP contribution in [-0.4, -0.2) is 12.9 Å². The van der Waals surface area contributed by atoms with Crippen LogP contribution in [0.3, 0.4) is 0 Å². The van der Waals surface area contributed by atoms with Gasteiger partial charge in [0.15, 0.2) is 5.78 Å². The number of hydrogen-bond acceptors (Lipinski definition) is 2. The summed E-state index contributed by atoms with van der Waals surface area (Å²) in [6.07, 6.45) is 0. The predicted octanol–water partition coefficient (Wildman–Crippen LogP) is 4.95. The van der Waals surface area contributed by atoms with Crippen molar-refractivity contribution in [1.82, 2.24) is 0 Å². The minimum absolute atomic E-state index is 0.0988. The van der Waals surface area contributed by atoms with Crippen LogP contribution in [0.15, 0.2) is 42.5 Å². The van der Waals surface area contributed by atoms with E-state index in [2.05, 4.69) is 19.9 Å². The van der Waals surface area contributed by atoms with E-state index in [-0.39, 0.29) is 5.78 Å². The fourth-order valence-corrected chi connectivity index (χ4v) is 3.45. The van der Waals surface area contributed by atoms with Crippen molar-refractivity contribution in [3.63, 3.8) is 0 Å². The Bertz CT molecular complexity index is 767. The van der Waals surface area contributed by atoms with Gasteiger partial charge in [-0.15, -0.1) is 0 Å². The lowest BCUT2D eigenvalue weighted by Gasteiger charge is -2.12. The van der Waals surface area contributed by atoms with Crippen molar-refractivity contribution in [2.75, 3.05) is 7.11 Å². The van der Waals surface area contributed by atoms with Gasteiger partial charge in [0.1, 0.15) is 5.75 Å². The average molecular weight is 292 g/mol. The molecule has 0 aliphatic heterocycles. The average Bonchev–Trinajstić information content (AvgIpc) is 2.79. The van der Waals surface area contributed by atoms with E-state index in [1.54, 1.807) is 14.0 Å². The number of rotatable bonds is 3. The van der Waals surface area contributed by atoms with Gasteiger partial charge in [0.05, 0.1) is 7.11 Å². The van der Waals surface area contributed by atoms with E-state index in [0.29, 0.717) is 5.92 Å². The first-order valence-electron chi connectivity index (χ1n) is 7.54. The summed E-state index contributed by atoms with van der Waals surface area (Å²) in [5.41, 5.74) is 7.02. The summed E-state index contributed by atoms with van der Waals surface area (Å²) in [6, 6.07) is 14.1. The number of fused-ring (bicyclic) bond motifs is 1. The van der Waals surface area contributed by atoms with Gasteiger partial charge < -0.3 is 4.74 Å². The highest BCUT2D eigenvalue weighted by molar-refractivity contribution is 6.01. The summed E-state index contributed by atoms with van der Waals surface area (Å²) >= 11 is 0. The third-order valence-electron chi connectivity index (χ3n) is 4.56. The van der Waals surface area contributed by atoms with Crippen molar-refractivity contribution in [2.24, 2.45) is 0 Å². The molecular weight excluding hydrogens is 272 g/mol. The smallest absolute Gasteiger partial charge is 0.159 e. The molecule has 2 nitrogen and oxygen atoms in total. The Hall–Kier alpha value is -2.35. The maximum atomic E-state index is 11.4. The molecule has 0 bridgehead atoms. The Morgan fingerprint density at radius 3 is 2.36 bits per heavy atom. The minimum atomic E-state index is 0.0988. The van der Waals surface area contributed by atoms with Gasteiger partial charge in [-0.25, -0.2) is 0 Å². The van der Waals surface area contributed by atoms with Crippen molar-refractivity contribution in [1.29, 1.82) is 0 Å². The second-order valence-corrected chi connectivity index (χ2v) is 5.82. The van der Waals surface area contributed by atoms with Crippen LogP contribution in [-0.2, 0) is 0 Å². The Morgan fingerprint density at radius 1 is 1.09 bits per heavy atom. The molecular formula is C20H20O2. The highest BCUT2D eigenvalue weighted by Gasteiger charge is 2.29. The molecule has 0 saturated heterocycles. The molecule has 0 radical (unpaired) electrons. The largest absolute Gasteiger partial charge is 0.496 e. The standard InChI is InChI=1S/C20H20O2/c1-12-17-6-5-7-18(22-4)20(17)13(2)19(12)16-10-8-15(9-11-16)14(3)21/h5-12H,1-4H3. The van der Waals surface area contributed by atoms with E-state index >= 15 is 0 Å². The summed E-state index contributed by atoms with van der Waals surface area (Å²) in [6.45, 7) is 5.97. The van der Waals surface area contributed by atoms with E-state index < -0.39 is 0 Å². The molecule has 2 heteroatoms. The van der Waals surface area contributed by atoms with E-state index in [0.717, 1.165) is 11.3 Å². The van der Waals surface area contributed by atoms with Crippen molar-refractivity contribution in [3.05, 3.63) is 64.7 Å². The molecule has 0 saturated carbocycles. The predicted molar refractivity (Wildman–Crippen MR) is 90.3 cm³/mol. The summed E-state index contributed by atoms with van der Waals surface area (Å²) < 4.78 is 5.53. The summed E-state index contributed by atoms with van der Waals surface area (Å²) in [5.74, 6) is 1.35. The Morgan fingerprint density at radius 2 is 1.77 bits per heavy atom. The molecule has 0 amide bonds. The second kappa shape index (κ2) is 5.45. The normalized spacial score (nSPS) is 16.6. The SMILES string of the molecule is COc1cccc2c1C(C)=C(c1ccc(C(C)=O)cc1)C2C. The zero-order valence-electron chi connectivity index (χ0n) is 13.4. The lowest BCUT2D eigenvalue weighted by atomic mass is 9.92. The van der Waals surface area contributed by atoms with Crippen molar-refractivity contribution in [3.8, 4) is 5.75 Å². The van der Waals surface area contributed by atoms with Gasteiger partial charge in [0.25, 0.3) is 0 Å². The summed E-state index contributed by atoms with van der Waals surface area (Å²) in [4.78, 5) is 11.4. The molecule has 0 aromatic heterocycles. The van der Waals surface area contributed by atoms with Crippen LogP contribution in [0, 0.1) is 0 Å². The Balaban J connectivity index is 2.12. The number of Topliss-reactive ketones (excluding diaryl/α,β-unsaturated/α-hetero) is 1. The first kappa shape index (κ1) is 14.6. The molecule has 1 aliphatic carbocycles. The zero-order valence-corrected chi connectivity index (χ0v) is 13.4. The molecule has 3 rings (SSSR count). The first-order valence-corrected chi connectivity index (χ1v) is 7.54. The topological polar surface area (TPSA) is 26.3 Å². The molecule has 112 valence electrons. The van der Waals surface area contributed by atoms with Gasteiger partial charge in [-0.2, -0.15) is 0 Å². The van der Waals surface area contributed by atoms with Crippen LogP contribution in [0.1, 0.15) is 53.7 Å². The molecule has 0 spiro atoms. The molecule has 2 aromatic rings. The Kier molecular flexibility index (Phi) is 3.61. The van der Waals surface area contributed by atoms with Crippen LogP contribution >= 0.6 is 0 Å². The summed E-state index contributed by atoms with van der Waals surface area (Å²) in [5, 5.41) is 0. The number of methoxy groups -OCH3 is 1. The fraction of sp³-hybridized carbons (Fsp3) is 0.250. The zero-order chi connectivity index (χ0) is 15.9. The van der Waals surface area contributed by atoms with Crippen molar-refractivity contribution < 1.29 is 9.53 Å². The fourth-order valence-electron chi connectivity index (χ4n) is 3.45. The second-order valence-electron chi connectivity index (χ2n) is 5.82. The third-order valence-corrected chi connectivity index (χ3v) is 4.56. The monoisotopic (exact) mass is 292 g/mol. The van der Waals surface area contributed by atoms with Gasteiger partial charge in [0.2, 0.25) is 0 Å². The lowest BCUT2D eigenvalue weighted by molar-refractivity contribution is 0.101. The van der Waals surface area contributed by atoms with E-state index in [4.69, 9.17) is 4.74 Å². The number of allylic oxidation sites excluding steroid dienone is 2. The van der Waals surface area contributed by atoms with E-state index in [1.807, 2.05) is 36.4 Å². The van der Waals surface area contributed by atoms with Crippen molar-refractivity contribution >= 4 is 16.9 Å². The number of ether oxygens (including phenoxy) is 1. The van der Waals surface area contributed by atoms with Gasteiger partial charge in [0, 0.05) is 17.0 Å².